The van der Waals surface area contributed by atoms with Gasteiger partial charge in [-0.3, -0.25) is 4.79 Å². The highest BCUT2D eigenvalue weighted by atomic mass is 79.9. The summed E-state index contributed by atoms with van der Waals surface area (Å²) in [6, 6.07) is 6.44. The Bertz CT molecular complexity index is 691. The Balaban J connectivity index is 2.23. The minimum Gasteiger partial charge on any atom is -0.345 e. The van der Waals surface area contributed by atoms with Gasteiger partial charge in [-0.2, -0.15) is 0 Å². The molecule has 2 nitrogen and oxygen atoms in total. The quantitative estimate of drug-likeness (QED) is 0.868. The first-order valence-electron chi connectivity index (χ1n) is 6.10. The maximum atomic E-state index is 13.8. The van der Waals surface area contributed by atoms with Crippen molar-refractivity contribution in [3.05, 3.63) is 69.4 Å². The van der Waals surface area contributed by atoms with Gasteiger partial charge in [0.15, 0.2) is 0 Å². The van der Waals surface area contributed by atoms with E-state index in [0.29, 0.717) is 0 Å². The third-order valence-electron chi connectivity index (χ3n) is 2.97. The van der Waals surface area contributed by atoms with Crippen LogP contribution in [0.25, 0.3) is 0 Å². The number of nitrogens with one attached hydrogen (secondary N) is 1. The van der Waals surface area contributed by atoms with E-state index in [9.17, 15) is 18.0 Å². The fourth-order valence-corrected chi connectivity index (χ4v) is 2.24. The molecule has 1 unspecified atom stereocenters. The van der Waals surface area contributed by atoms with Gasteiger partial charge in [-0.05, 0) is 53.2 Å². The zero-order valence-electron chi connectivity index (χ0n) is 11.0. The van der Waals surface area contributed by atoms with E-state index in [4.69, 9.17) is 0 Å². The summed E-state index contributed by atoms with van der Waals surface area (Å²) in [6.45, 7) is 1.49. The monoisotopic (exact) mass is 357 g/mol. The van der Waals surface area contributed by atoms with Crippen molar-refractivity contribution >= 4 is 21.8 Å². The van der Waals surface area contributed by atoms with Gasteiger partial charge in [-0.15, -0.1) is 0 Å². The first kappa shape index (κ1) is 15.6. The van der Waals surface area contributed by atoms with E-state index >= 15 is 0 Å². The lowest BCUT2D eigenvalue weighted by atomic mass is 10.1. The number of amides is 1. The molecular weight excluding hydrogens is 347 g/mol. The van der Waals surface area contributed by atoms with Crippen molar-refractivity contribution in [3.63, 3.8) is 0 Å². The molecule has 1 atom stereocenters. The van der Waals surface area contributed by atoms with E-state index in [1.165, 1.54) is 25.1 Å². The number of hydrogen-bond donors (Lipinski definition) is 1. The molecule has 0 aliphatic carbocycles. The molecule has 0 bridgehead atoms. The fraction of sp³-hybridized carbons (Fsp3) is 0.133. The van der Waals surface area contributed by atoms with Crippen molar-refractivity contribution in [2.24, 2.45) is 0 Å². The van der Waals surface area contributed by atoms with E-state index in [1.54, 1.807) is 0 Å². The second-order valence-corrected chi connectivity index (χ2v) is 5.32. The van der Waals surface area contributed by atoms with Crippen molar-refractivity contribution in [1.29, 1.82) is 0 Å². The zero-order valence-corrected chi connectivity index (χ0v) is 12.5. The molecule has 0 spiro atoms. The molecule has 110 valence electrons. The number of benzene rings is 2. The molecule has 0 saturated heterocycles. The van der Waals surface area contributed by atoms with Gasteiger partial charge in [-0.25, -0.2) is 13.2 Å². The van der Waals surface area contributed by atoms with Gasteiger partial charge in [0.05, 0.1) is 16.1 Å². The second kappa shape index (κ2) is 6.30. The molecule has 0 aromatic heterocycles. The third kappa shape index (κ3) is 3.44. The van der Waals surface area contributed by atoms with Gasteiger partial charge in [-0.1, -0.05) is 6.07 Å². The molecular formula is C15H11BrF3NO. The van der Waals surface area contributed by atoms with Crippen LogP contribution in [0.4, 0.5) is 13.2 Å². The Kier molecular flexibility index (Phi) is 4.67. The highest BCUT2D eigenvalue weighted by Gasteiger charge is 2.18. The summed E-state index contributed by atoms with van der Waals surface area (Å²) in [5.74, 6) is -2.66. The Morgan fingerprint density at radius 2 is 1.90 bits per heavy atom. The first-order valence-corrected chi connectivity index (χ1v) is 6.89. The number of hydrogen-bond acceptors (Lipinski definition) is 1. The molecule has 0 aliphatic heterocycles. The van der Waals surface area contributed by atoms with Crippen molar-refractivity contribution < 1.29 is 18.0 Å². The number of rotatable bonds is 3. The number of carbonyl (C=O) groups excluding carboxylic acids is 1. The van der Waals surface area contributed by atoms with E-state index in [-0.39, 0.29) is 15.6 Å². The van der Waals surface area contributed by atoms with Gasteiger partial charge < -0.3 is 5.32 Å². The number of halogens is 4. The van der Waals surface area contributed by atoms with Crippen LogP contribution in [-0.4, -0.2) is 5.91 Å². The van der Waals surface area contributed by atoms with Crippen LogP contribution in [0.3, 0.4) is 0 Å². The fourth-order valence-electron chi connectivity index (χ4n) is 1.88. The van der Waals surface area contributed by atoms with E-state index < -0.39 is 29.4 Å². The Hall–Kier alpha value is -1.82. The van der Waals surface area contributed by atoms with Crippen molar-refractivity contribution in [2.75, 3.05) is 0 Å². The average Bonchev–Trinajstić information content (AvgIpc) is 2.44. The molecule has 0 radical (unpaired) electrons. The molecule has 2 aromatic carbocycles. The predicted molar refractivity (Wildman–Crippen MR) is 76.3 cm³/mol. The predicted octanol–water partition coefficient (Wildman–Crippen LogP) is 4.36. The topological polar surface area (TPSA) is 29.1 Å². The minimum atomic E-state index is -0.799. The average molecular weight is 358 g/mol. The molecule has 0 aliphatic rings. The van der Waals surface area contributed by atoms with Crippen molar-refractivity contribution in [2.45, 2.75) is 13.0 Å². The normalized spacial score (nSPS) is 12.0. The van der Waals surface area contributed by atoms with Crippen LogP contribution in [0.5, 0.6) is 0 Å². The van der Waals surface area contributed by atoms with Crippen LogP contribution in [-0.2, 0) is 0 Å². The Morgan fingerprint density at radius 3 is 2.62 bits per heavy atom. The lowest BCUT2D eigenvalue weighted by molar-refractivity contribution is 0.0935. The second-order valence-electron chi connectivity index (χ2n) is 4.46. The van der Waals surface area contributed by atoms with Crippen molar-refractivity contribution in [3.8, 4) is 0 Å². The third-order valence-corrected chi connectivity index (χ3v) is 3.58. The summed E-state index contributed by atoms with van der Waals surface area (Å²) >= 11 is 2.98. The molecule has 21 heavy (non-hydrogen) atoms. The molecule has 2 rings (SSSR count). The Morgan fingerprint density at radius 1 is 1.19 bits per heavy atom. The van der Waals surface area contributed by atoms with Gasteiger partial charge in [0, 0.05) is 5.56 Å². The van der Waals surface area contributed by atoms with Gasteiger partial charge in [0.2, 0.25) is 0 Å². The van der Waals surface area contributed by atoms with Gasteiger partial charge in [0.25, 0.3) is 5.91 Å². The summed E-state index contributed by atoms with van der Waals surface area (Å²) in [5, 5.41) is 2.44. The van der Waals surface area contributed by atoms with Crippen LogP contribution in [0.15, 0.2) is 40.9 Å². The summed E-state index contributed by atoms with van der Waals surface area (Å²) in [5.41, 5.74) is -0.174. The molecule has 1 amide bonds. The highest BCUT2D eigenvalue weighted by Crippen LogP contribution is 2.21. The first-order chi connectivity index (χ1) is 9.90. The smallest absolute Gasteiger partial charge is 0.254 e. The lowest BCUT2D eigenvalue weighted by Crippen LogP contribution is -2.28. The van der Waals surface area contributed by atoms with Crippen LogP contribution < -0.4 is 5.32 Å². The molecule has 6 heteroatoms. The standard InChI is InChI=1S/C15H11BrF3NO/c1-8(11-7-9(17)5-6-13(11)18)20-15(21)10-3-2-4-12(16)14(10)19/h2-8H,1H3,(H,20,21). The molecule has 0 saturated carbocycles. The van der Waals surface area contributed by atoms with Crippen LogP contribution >= 0.6 is 15.9 Å². The van der Waals surface area contributed by atoms with Gasteiger partial charge >= 0.3 is 0 Å². The number of carbonyl (C=O) groups is 1. The summed E-state index contributed by atoms with van der Waals surface area (Å²) in [6.07, 6.45) is 0. The van der Waals surface area contributed by atoms with E-state index in [0.717, 1.165) is 18.2 Å². The molecule has 0 fully saturated rings. The van der Waals surface area contributed by atoms with Crippen molar-refractivity contribution in [1.82, 2.24) is 5.32 Å². The van der Waals surface area contributed by atoms with Crippen LogP contribution in [0.2, 0.25) is 0 Å². The lowest BCUT2D eigenvalue weighted by Gasteiger charge is -2.15. The molecule has 2 aromatic rings. The largest absolute Gasteiger partial charge is 0.345 e. The van der Waals surface area contributed by atoms with E-state index in [2.05, 4.69) is 21.2 Å². The summed E-state index contributed by atoms with van der Waals surface area (Å²) in [4.78, 5) is 12.0. The Labute approximate surface area is 128 Å². The van der Waals surface area contributed by atoms with Crippen LogP contribution in [0, 0.1) is 17.5 Å². The SMILES string of the molecule is CC(NC(=O)c1cccc(Br)c1F)c1cc(F)ccc1F. The maximum Gasteiger partial charge on any atom is 0.254 e. The van der Waals surface area contributed by atoms with Gasteiger partial charge in [0.1, 0.15) is 17.5 Å². The summed E-state index contributed by atoms with van der Waals surface area (Å²) in [7, 11) is 0. The minimum absolute atomic E-state index is 0.00115. The zero-order chi connectivity index (χ0) is 15.6. The molecule has 1 N–H and O–H groups in total. The van der Waals surface area contributed by atoms with E-state index in [1.807, 2.05) is 0 Å². The highest BCUT2D eigenvalue weighted by molar-refractivity contribution is 9.10. The summed E-state index contributed by atoms with van der Waals surface area (Å²) < 4.78 is 40.7. The molecule has 0 heterocycles. The maximum absolute atomic E-state index is 13.8. The van der Waals surface area contributed by atoms with Crippen LogP contribution in [0.1, 0.15) is 28.9 Å².